The van der Waals surface area contributed by atoms with Crippen molar-refractivity contribution in [1.29, 1.82) is 0 Å². The van der Waals surface area contributed by atoms with E-state index in [1.54, 1.807) is 25.4 Å². The van der Waals surface area contributed by atoms with Crippen molar-refractivity contribution in [2.75, 3.05) is 27.4 Å². The van der Waals surface area contributed by atoms with Crippen molar-refractivity contribution in [3.63, 3.8) is 0 Å². The number of hydrogen-bond acceptors (Lipinski definition) is 6. The second-order valence-corrected chi connectivity index (χ2v) is 6.62. The minimum absolute atomic E-state index is 0.127. The smallest absolute Gasteiger partial charge is 0.410 e. The molecular formula is C17H27NO6. The first-order valence-corrected chi connectivity index (χ1v) is 7.79. The van der Waals surface area contributed by atoms with Crippen molar-refractivity contribution >= 4 is 12.1 Å². The highest BCUT2D eigenvalue weighted by Gasteiger charge is 2.32. The van der Waals surface area contributed by atoms with Gasteiger partial charge in [-0.15, -0.1) is 0 Å². The van der Waals surface area contributed by atoms with Crippen LogP contribution in [0.4, 0.5) is 4.79 Å². The van der Waals surface area contributed by atoms with Crippen LogP contribution in [-0.4, -0.2) is 49.9 Å². The number of methoxy groups -OCH3 is 1. The number of nitrogens with zero attached hydrogens (tertiary/aromatic N) is 1. The molecular weight excluding hydrogens is 314 g/mol. The third-order valence-corrected chi connectivity index (χ3v) is 3.30. The molecule has 136 valence electrons. The summed E-state index contributed by atoms with van der Waals surface area (Å²) in [5.74, 6) is 0.0492. The highest BCUT2D eigenvalue weighted by molar-refractivity contribution is 5.70. The zero-order valence-corrected chi connectivity index (χ0v) is 15.2. The SMILES string of the molecule is COC(=O)COC[C@@H](C)[C@@H](c1ccco1)N(C)C(=O)OC(C)(C)C. The first kappa shape index (κ1) is 20.0. The summed E-state index contributed by atoms with van der Waals surface area (Å²) in [6, 6.07) is 3.17. The Balaban J connectivity index is 2.81. The lowest BCUT2D eigenvalue weighted by Crippen LogP contribution is -2.39. The Kier molecular flexibility index (Phi) is 7.28. The number of rotatable bonds is 7. The lowest BCUT2D eigenvalue weighted by Gasteiger charge is -2.33. The summed E-state index contributed by atoms with van der Waals surface area (Å²) in [4.78, 5) is 25.0. The summed E-state index contributed by atoms with van der Waals surface area (Å²) in [6.45, 7) is 7.46. The van der Waals surface area contributed by atoms with Gasteiger partial charge in [-0.1, -0.05) is 6.92 Å². The topological polar surface area (TPSA) is 78.2 Å². The Bertz CT molecular complexity index is 520. The van der Waals surface area contributed by atoms with Crippen LogP contribution in [0.1, 0.15) is 39.5 Å². The summed E-state index contributed by atoms with van der Waals surface area (Å²) in [5, 5.41) is 0. The number of carbonyl (C=O) groups excluding carboxylic acids is 2. The number of furan rings is 1. The maximum absolute atomic E-state index is 12.4. The number of esters is 1. The van der Waals surface area contributed by atoms with Gasteiger partial charge in [-0.25, -0.2) is 9.59 Å². The third-order valence-electron chi connectivity index (χ3n) is 3.30. The minimum Gasteiger partial charge on any atom is -0.467 e. The van der Waals surface area contributed by atoms with Gasteiger partial charge < -0.3 is 23.5 Å². The Morgan fingerprint density at radius 2 is 2.00 bits per heavy atom. The van der Waals surface area contributed by atoms with Gasteiger partial charge in [0.1, 0.15) is 18.0 Å². The molecule has 1 amide bonds. The van der Waals surface area contributed by atoms with Gasteiger partial charge in [0.15, 0.2) is 0 Å². The fourth-order valence-corrected chi connectivity index (χ4v) is 2.24. The number of carbonyl (C=O) groups is 2. The average molecular weight is 341 g/mol. The summed E-state index contributed by atoms with van der Waals surface area (Å²) in [6.07, 6.45) is 1.09. The van der Waals surface area contributed by atoms with Crippen molar-refractivity contribution in [2.45, 2.75) is 39.3 Å². The van der Waals surface area contributed by atoms with Crippen molar-refractivity contribution in [3.05, 3.63) is 24.2 Å². The molecule has 1 heterocycles. The van der Waals surface area contributed by atoms with Crippen LogP contribution in [0.5, 0.6) is 0 Å². The molecule has 0 unspecified atom stereocenters. The molecule has 0 radical (unpaired) electrons. The molecule has 1 aromatic heterocycles. The maximum atomic E-state index is 12.4. The predicted octanol–water partition coefficient (Wildman–Crippen LogP) is 3.01. The molecule has 0 aromatic carbocycles. The fourth-order valence-electron chi connectivity index (χ4n) is 2.24. The van der Waals surface area contributed by atoms with Crippen LogP contribution in [0.25, 0.3) is 0 Å². The van der Waals surface area contributed by atoms with Crippen LogP contribution in [0.15, 0.2) is 22.8 Å². The average Bonchev–Trinajstić information content (AvgIpc) is 2.99. The predicted molar refractivity (Wildman–Crippen MR) is 87.4 cm³/mol. The van der Waals surface area contributed by atoms with Gasteiger partial charge in [0.05, 0.1) is 26.0 Å². The van der Waals surface area contributed by atoms with E-state index in [-0.39, 0.29) is 25.2 Å². The van der Waals surface area contributed by atoms with Crippen molar-refractivity contribution in [1.82, 2.24) is 4.90 Å². The summed E-state index contributed by atoms with van der Waals surface area (Å²) < 4.78 is 20.8. The summed E-state index contributed by atoms with van der Waals surface area (Å²) >= 11 is 0. The first-order chi connectivity index (χ1) is 11.2. The zero-order valence-electron chi connectivity index (χ0n) is 15.2. The van der Waals surface area contributed by atoms with E-state index in [1.165, 1.54) is 12.0 Å². The van der Waals surface area contributed by atoms with E-state index in [0.29, 0.717) is 5.76 Å². The van der Waals surface area contributed by atoms with Crippen LogP contribution in [0.2, 0.25) is 0 Å². The second kappa shape index (κ2) is 8.73. The normalized spacial score (nSPS) is 13.9. The standard InChI is InChI=1S/C17H27NO6/c1-12(10-22-11-14(19)21-6)15(13-8-7-9-23-13)18(5)16(20)24-17(2,3)4/h7-9,12,15H,10-11H2,1-6H3/t12-,15+/m1/s1. The molecule has 1 aromatic rings. The molecule has 0 saturated heterocycles. The molecule has 0 fully saturated rings. The molecule has 0 aliphatic rings. The summed E-state index contributed by atoms with van der Waals surface area (Å²) in [7, 11) is 2.95. The molecule has 0 aliphatic carbocycles. The third kappa shape index (κ3) is 6.23. The van der Waals surface area contributed by atoms with E-state index in [9.17, 15) is 9.59 Å². The lowest BCUT2D eigenvalue weighted by molar-refractivity contribution is -0.146. The van der Waals surface area contributed by atoms with Crippen LogP contribution >= 0.6 is 0 Å². The highest BCUT2D eigenvalue weighted by atomic mass is 16.6. The molecule has 24 heavy (non-hydrogen) atoms. The molecule has 0 saturated carbocycles. The van der Waals surface area contributed by atoms with E-state index in [1.807, 2.05) is 27.7 Å². The molecule has 1 rings (SSSR count). The molecule has 0 spiro atoms. The fraction of sp³-hybridized carbons (Fsp3) is 0.647. The lowest BCUT2D eigenvalue weighted by atomic mass is 9.99. The van der Waals surface area contributed by atoms with Crippen molar-refractivity contribution in [3.8, 4) is 0 Å². The van der Waals surface area contributed by atoms with Crippen LogP contribution in [-0.2, 0) is 19.0 Å². The quantitative estimate of drug-likeness (QED) is 0.709. The molecule has 7 heteroatoms. The van der Waals surface area contributed by atoms with Gasteiger partial charge in [0, 0.05) is 13.0 Å². The number of hydrogen-bond donors (Lipinski definition) is 0. The van der Waals surface area contributed by atoms with E-state index in [4.69, 9.17) is 13.9 Å². The molecule has 0 bridgehead atoms. The molecule has 7 nitrogen and oxygen atoms in total. The molecule has 2 atom stereocenters. The second-order valence-electron chi connectivity index (χ2n) is 6.62. The van der Waals surface area contributed by atoms with Gasteiger partial charge in [0.2, 0.25) is 0 Å². The van der Waals surface area contributed by atoms with E-state index >= 15 is 0 Å². The minimum atomic E-state index is -0.594. The number of ether oxygens (including phenoxy) is 3. The maximum Gasteiger partial charge on any atom is 0.410 e. The van der Waals surface area contributed by atoms with E-state index in [2.05, 4.69) is 4.74 Å². The van der Waals surface area contributed by atoms with Crippen LogP contribution < -0.4 is 0 Å². The van der Waals surface area contributed by atoms with Crippen molar-refractivity contribution < 1.29 is 28.2 Å². The first-order valence-electron chi connectivity index (χ1n) is 7.79. The molecule has 0 N–H and O–H groups in total. The molecule has 0 aliphatic heterocycles. The Labute approximate surface area is 142 Å². The van der Waals surface area contributed by atoms with Gasteiger partial charge in [-0.3, -0.25) is 0 Å². The van der Waals surface area contributed by atoms with Crippen LogP contribution in [0, 0.1) is 5.92 Å². The zero-order chi connectivity index (χ0) is 18.3. The monoisotopic (exact) mass is 341 g/mol. The Hall–Kier alpha value is -2.02. The van der Waals surface area contributed by atoms with Gasteiger partial charge >= 0.3 is 12.1 Å². The van der Waals surface area contributed by atoms with Gasteiger partial charge in [-0.05, 0) is 32.9 Å². The number of amides is 1. The highest BCUT2D eigenvalue weighted by Crippen LogP contribution is 2.29. The van der Waals surface area contributed by atoms with Gasteiger partial charge in [-0.2, -0.15) is 0 Å². The largest absolute Gasteiger partial charge is 0.467 e. The van der Waals surface area contributed by atoms with E-state index in [0.717, 1.165) is 0 Å². The van der Waals surface area contributed by atoms with E-state index < -0.39 is 17.7 Å². The Morgan fingerprint density at radius 3 is 2.50 bits per heavy atom. The van der Waals surface area contributed by atoms with Gasteiger partial charge in [0.25, 0.3) is 0 Å². The Morgan fingerprint density at radius 1 is 1.33 bits per heavy atom. The van der Waals surface area contributed by atoms with Crippen LogP contribution in [0.3, 0.4) is 0 Å². The summed E-state index contributed by atoms with van der Waals surface area (Å²) in [5.41, 5.74) is -0.594. The van der Waals surface area contributed by atoms with Crippen molar-refractivity contribution in [2.24, 2.45) is 5.92 Å².